The SMILES string of the molecule is O=C(NCCc1ccccn1)c1cc(-c2ccn(-c3ccccc3)n2)n2ccccc12.O=C(O)C(F)(F)F. The minimum absolute atomic E-state index is 0.103. The van der Waals surface area contributed by atoms with Crippen LogP contribution in [0.15, 0.2) is 97.5 Å². The number of carbonyl (C=O) groups excluding carboxylic acids is 1. The first-order chi connectivity index (χ1) is 18.2. The summed E-state index contributed by atoms with van der Waals surface area (Å²) in [6, 6.07) is 25.5. The zero-order valence-corrected chi connectivity index (χ0v) is 19.8. The Morgan fingerprint density at radius 1 is 0.921 bits per heavy atom. The summed E-state index contributed by atoms with van der Waals surface area (Å²) in [5, 5.41) is 14.9. The van der Waals surface area contributed by atoms with Crippen molar-refractivity contribution in [3.63, 3.8) is 0 Å². The maximum Gasteiger partial charge on any atom is 0.490 e. The van der Waals surface area contributed by atoms with Gasteiger partial charge in [0.15, 0.2) is 0 Å². The average molecular weight is 521 g/mol. The number of rotatable bonds is 6. The minimum Gasteiger partial charge on any atom is -0.475 e. The average Bonchev–Trinajstić information content (AvgIpc) is 3.55. The monoisotopic (exact) mass is 521 g/mol. The molecule has 0 aliphatic rings. The van der Waals surface area contributed by atoms with E-state index >= 15 is 0 Å². The molecule has 0 aliphatic carbocycles. The number of aliphatic carboxylic acids is 1. The molecule has 4 aromatic heterocycles. The van der Waals surface area contributed by atoms with Crippen molar-refractivity contribution < 1.29 is 27.9 Å². The van der Waals surface area contributed by atoms with Crippen LogP contribution in [-0.2, 0) is 11.2 Å². The molecular weight excluding hydrogens is 499 g/mol. The predicted molar refractivity (Wildman–Crippen MR) is 134 cm³/mol. The molecule has 8 nitrogen and oxygen atoms in total. The van der Waals surface area contributed by atoms with E-state index in [0.29, 0.717) is 18.5 Å². The van der Waals surface area contributed by atoms with Crippen LogP contribution in [0.4, 0.5) is 13.2 Å². The van der Waals surface area contributed by atoms with E-state index in [2.05, 4.69) is 10.3 Å². The lowest BCUT2D eigenvalue weighted by molar-refractivity contribution is -0.192. The highest BCUT2D eigenvalue weighted by Crippen LogP contribution is 2.26. The molecule has 2 N–H and O–H groups in total. The normalized spacial score (nSPS) is 11.0. The largest absolute Gasteiger partial charge is 0.490 e. The molecule has 38 heavy (non-hydrogen) atoms. The van der Waals surface area contributed by atoms with E-state index < -0.39 is 12.1 Å². The van der Waals surface area contributed by atoms with Gasteiger partial charge >= 0.3 is 12.1 Å². The lowest BCUT2D eigenvalue weighted by Gasteiger charge is -2.04. The number of para-hydroxylation sites is 1. The Hall–Kier alpha value is -4.93. The van der Waals surface area contributed by atoms with E-state index in [1.807, 2.05) is 100 Å². The Morgan fingerprint density at radius 3 is 2.32 bits per heavy atom. The number of amides is 1. The molecular formula is C27H22F3N5O3. The number of hydrogen-bond donors (Lipinski definition) is 2. The fourth-order valence-electron chi connectivity index (χ4n) is 3.66. The van der Waals surface area contributed by atoms with Crippen LogP contribution >= 0.6 is 0 Å². The molecule has 0 atom stereocenters. The standard InChI is InChI=1S/C25H21N5O.C2HF3O2/c31-25(27-15-12-19-8-4-6-14-26-19)21-18-24(29-16-7-5-11-23(21)29)22-13-17-30(28-22)20-9-2-1-3-10-20;3-2(4,5)1(6)7/h1-11,13-14,16-18H,12,15H2,(H,27,31);(H,6,7). The van der Waals surface area contributed by atoms with E-state index in [4.69, 9.17) is 15.0 Å². The first-order valence-corrected chi connectivity index (χ1v) is 11.4. The van der Waals surface area contributed by atoms with Gasteiger partial charge in [0, 0.05) is 37.3 Å². The lowest BCUT2D eigenvalue weighted by Crippen LogP contribution is -2.25. The van der Waals surface area contributed by atoms with Crippen molar-refractivity contribution >= 4 is 17.4 Å². The summed E-state index contributed by atoms with van der Waals surface area (Å²) in [6.45, 7) is 0.526. The number of carboxylic acid groups (broad SMARTS) is 1. The van der Waals surface area contributed by atoms with Gasteiger partial charge in [0.1, 0.15) is 5.69 Å². The number of nitrogens with one attached hydrogen (secondary N) is 1. The highest BCUT2D eigenvalue weighted by molar-refractivity contribution is 6.02. The van der Waals surface area contributed by atoms with Gasteiger partial charge in [-0.25, -0.2) is 9.48 Å². The van der Waals surface area contributed by atoms with Crippen molar-refractivity contribution in [2.45, 2.75) is 12.6 Å². The molecule has 4 heterocycles. The van der Waals surface area contributed by atoms with Gasteiger partial charge in [0.25, 0.3) is 5.91 Å². The second-order valence-corrected chi connectivity index (χ2v) is 8.01. The van der Waals surface area contributed by atoms with Crippen molar-refractivity contribution in [3.8, 4) is 17.1 Å². The highest BCUT2D eigenvalue weighted by Gasteiger charge is 2.38. The Labute approximate surface area is 215 Å². The Balaban J connectivity index is 0.000000426. The van der Waals surface area contributed by atoms with Crippen molar-refractivity contribution in [1.82, 2.24) is 24.5 Å². The fourth-order valence-corrected chi connectivity index (χ4v) is 3.66. The summed E-state index contributed by atoms with van der Waals surface area (Å²) in [4.78, 5) is 26.1. The molecule has 5 aromatic rings. The van der Waals surface area contributed by atoms with E-state index in [9.17, 15) is 18.0 Å². The summed E-state index contributed by atoms with van der Waals surface area (Å²) >= 11 is 0. The van der Waals surface area contributed by atoms with E-state index in [0.717, 1.165) is 28.3 Å². The van der Waals surface area contributed by atoms with Crippen LogP contribution in [-0.4, -0.2) is 48.9 Å². The van der Waals surface area contributed by atoms with Gasteiger partial charge in [-0.1, -0.05) is 30.3 Å². The van der Waals surface area contributed by atoms with Gasteiger partial charge in [-0.2, -0.15) is 18.3 Å². The van der Waals surface area contributed by atoms with E-state index in [1.165, 1.54) is 0 Å². The molecule has 1 amide bonds. The quantitative estimate of drug-likeness (QED) is 0.335. The third-order valence-electron chi connectivity index (χ3n) is 5.43. The van der Waals surface area contributed by atoms with E-state index in [1.54, 1.807) is 6.20 Å². The lowest BCUT2D eigenvalue weighted by atomic mass is 10.2. The molecule has 194 valence electrons. The topological polar surface area (TPSA) is 102 Å². The third-order valence-corrected chi connectivity index (χ3v) is 5.43. The van der Waals surface area contributed by atoms with Gasteiger partial charge in [0.2, 0.25) is 0 Å². The summed E-state index contributed by atoms with van der Waals surface area (Å²) < 4.78 is 35.6. The highest BCUT2D eigenvalue weighted by atomic mass is 19.4. The molecule has 0 radical (unpaired) electrons. The summed E-state index contributed by atoms with van der Waals surface area (Å²) in [5.41, 5.74) is 5.10. The molecule has 0 spiro atoms. The first kappa shape index (κ1) is 26.1. The Bertz CT molecular complexity index is 1530. The van der Waals surface area contributed by atoms with Crippen LogP contribution in [0.1, 0.15) is 16.1 Å². The third kappa shape index (κ3) is 6.25. The molecule has 5 rings (SSSR count). The Kier molecular flexibility index (Phi) is 7.86. The molecule has 0 bridgehead atoms. The van der Waals surface area contributed by atoms with Crippen LogP contribution < -0.4 is 5.32 Å². The molecule has 1 aromatic carbocycles. The number of carbonyl (C=O) groups is 2. The zero-order valence-electron chi connectivity index (χ0n) is 19.8. The fraction of sp³-hybridized carbons (Fsp3) is 0.111. The van der Waals surface area contributed by atoms with Crippen LogP contribution in [0.3, 0.4) is 0 Å². The minimum atomic E-state index is -5.08. The molecule has 0 aliphatic heterocycles. The number of carboxylic acids is 1. The number of nitrogens with zero attached hydrogens (tertiary/aromatic N) is 4. The van der Waals surface area contributed by atoms with Gasteiger partial charge in [-0.05, 0) is 48.5 Å². The number of pyridine rings is 2. The molecule has 0 unspecified atom stereocenters. The smallest absolute Gasteiger partial charge is 0.475 e. The van der Waals surface area contributed by atoms with Crippen LogP contribution in [0.25, 0.3) is 22.6 Å². The summed E-state index contributed by atoms with van der Waals surface area (Å²) in [7, 11) is 0. The predicted octanol–water partition coefficient (Wildman–Crippen LogP) is 4.79. The number of halogens is 3. The van der Waals surface area contributed by atoms with Crippen molar-refractivity contribution in [3.05, 3.63) is 109 Å². The maximum absolute atomic E-state index is 12.9. The molecule has 0 fully saturated rings. The molecule has 0 saturated heterocycles. The zero-order chi connectivity index (χ0) is 27.1. The van der Waals surface area contributed by atoms with E-state index in [-0.39, 0.29) is 5.91 Å². The van der Waals surface area contributed by atoms with Crippen LogP contribution in [0.2, 0.25) is 0 Å². The summed E-state index contributed by atoms with van der Waals surface area (Å²) in [5.74, 6) is -2.86. The number of alkyl halides is 3. The van der Waals surface area contributed by atoms with Crippen LogP contribution in [0, 0.1) is 0 Å². The van der Waals surface area contributed by atoms with Gasteiger partial charge in [0.05, 0.1) is 22.5 Å². The van der Waals surface area contributed by atoms with Gasteiger partial charge < -0.3 is 14.8 Å². The maximum atomic E-state index is 12.9. The van der Waals surface area contributed by atoms with Crippen LogP contribution in [0.5, 0.6) is 0 Å². The van der Waals surface area contributed by atoms with Crippen molar-refractivity contribution in [2.24, 2.45) is 0 Å². The number of hydrogen-bond acceptors (Lipinski definition) is 4. The first-order valence-electron chi connectivity index (χ1n) is 11.4. The van der Waals surface area contributed by atoms with Gasteiger partial charge in [-0.15, -0.1) is 0 Å². The Morgan fingerprint density at radius 2 is 1.63 bits per heavy atom. The van der Waals surface area contributed by atoms with Crippen molar-refractivity contribution in [1.29, 1.82) is 0 Å². The van der Waals surface area contributed by atoms with Crippen molar-refractivity contribution in [2.75, 3.05) is 6.54 Å². The molecule has 0 saturated carbocycles. The molecule has 11 heteroatoms. The number of fused-ring (bicyclic) bond motifs is 1. The summed E-state index contributed by atoms with van der Waals surface area (Å²) in [6.07, 6.45) is 1.25. The second-order valence-electron chi connectivity index (χ2n) is 8.01. The van der Waals surface area contributed by atoms with Gasteiger partial charge in [-0.3, -0.25) is 9.78 Å². The number of aromatic nitrogens is 4. The second kappa shape index (κ2) is 11.4. The number of benzene rings is 1.